The highest BCUT2D eigenvalue weighted by Crippen LogP contribution is 2.45. The third-order valence-electron chi connectivity index (χ3n) is 7.71. The van der Waals surface area contributed by atoms with Crippen molar-refractivity contribution in [1.29, 1.82) is 0 Å². The molecule has 1 fully saturated rings. The number of alkyl halides is 6. The summed E-state index contributed by atoms with van der Waals surface area (Å²) in [6.45, 7) is 7.74. The van der Waals surface area contributed by atoms with E-state index in [9.17, 15) is 26.3 Å². The van der Waals surface area contributed by atoms with E-state index >= 15 is 0 Å². The van der Waals surface area contributed by atoms with Gasteiger partial charge in [-0.2, -0.15) is 26.3 Å². The second-order valence-corrected chi connectivity index (χ2v) is 16.2. The molecular formula is C35H34F6O2P2. The summed E-state index contributed by atoms with van der Waals surface area (Å²) < 4.78 is 93.2. The minimum Gasteiger partial charge on any atom is -0.344 e. The predicted molar refractivity (Wildman–Crippen MR) is 171 cm³/mol. The molecule has 0 aromatic heterocycles. The molecule has 4 aromatic carbocycles. The van der Waals surface area contributed by atoms with Crippen molar-refractivity contribution in [2.45, 2.75) is 58.0 Å². The smallest absolute Gasteiger partial charge is 0.344 e. The number of hydrogen-bond donors (Lipinski definition) is 0. The van der Waals surface area contributed by atoms with Crippen molar-refractivity contribution < 1.29 is 35.8 Å². The average molecular weight is 663 g/mol. The number of benzene rings is 4. The van der Waals surface area contributed by atoms with Crippen LogP contribution in [0.25, 0.3) is 0 Å². The van der Waals surface area contributed by atoms with Crippen LogP contribution in [-0.2, 0) is 21.8 Å². The van der Waals surface area contributed by atoms with Crippen LogP contribution in [0.1, 0.15) is 36.1 Å². The van der Waals surface area contributed by atoms with Gasteiger partial charge in [0.2, 0.25) is 0 Å². The van der Waals surface area contributed by atoms with Gasteiger partial charge in [0.1, 0.15) is 0 Å². The molecule has 0 spiro atoms. The van der Waals surface area contributed by atoms with Gasteiger partial charge in [-0.15, -0.1) is 0 Å². The summed E-state index contributed by atoms with van der Waals surface area (Å²) in [5, 5.41) is 3.59. The molecule has 238 valence electrons. The number of rotatable bonds is 8. The summed E-state index contributed by atoms with van der Waals surface area (Å²) >= 11 is 0. The van der Waals surface area contributed by atoms with Crippen molar-refractivity contribution in [2.24, 2.45) is 0 Å². The maximum Gasteiger partial charge on any atom is 0.416 e. The lowest BCUT2D eigenvalue weighted by Crippen LogP contribution is -2.33. The van der Waals surface area contributed by atoms with E-state index in [0.29, 0.717) is 22.9 Å². The van der Waals surface area contributed by atoms with Crippen LogP contribution in [0, 0.1) is 13.8 Å². The summed E-state index contributed by atoms with van der Waals surface area (Å²) in [6, 6.07) is 26.7. The number of hydrogen-bond acceptors (Lipinski definition) is 2. The zero-order chi connectivity index (χ0) is 32.6. The van der Waals surface area contributed by atoms with Crippen LogP contribution < -0.4 is 21.2 Å². The van der Waals surface area contributed by atoms with Crippen LogP contribution in [-0.4, -0.2) is 30.3 Å². The summed E-state index contributed by atoms with van der Waals surface area (Å²) in [4.78, 5) is 0. The topological polar surface area (TPSA) is 18.5 Å². The van der Waals surface area contributed by atoms with Crippen molar-refractivity contribution >= 4 is 37.1 Å². The Kier molecular flexibility index (Phi) is 9.82. The van der Waals surface area contributed by atoms with Gasteiger partial charge in [0, 0.05) is 12.3 Å². The quantitative estimate of drug-likeness (QED) is 0.139. The van der Waals surface area contributed by atoms with Crippen LogP contribution >= 0.6 is 15.8 Å². The number of ether oxygens (including phenoxy) is 2. The van der Waals surface area contributed by atoms with Gasteiger partial charge in [0.05, 0.1) is 23.3 Å². The first-order valence-corrected chi connectivity index (χ1v) is 17.5. The maximum atomic E-state index is 13.4. The summed E-state index contributed by atoms with van der Waals surface area (Å²) in [7, 11) is -2.27. The minimum atomic E-state index is -4.50. The molecule has 0 amide bonds. The molecule has 1 aliphatic rings. The van der Waals surface area contributed by atoms with E-state index in [1.165, 1.54) is 34.9 Å². The van der Waals surface area contributed by atoms with Gasteiger partial charge in [-0.3, -0.25) is 0 Å². The fourth-order valence-electron chi connectivity index (χ4n) is 5.41. The van der Waals surface area contributed by atoms with Crippen LogP contribution in [0.5, 0.6) is 0 Å². The zero-order valence-corrected chi connectivity index (χ0v) is 27.1. The van der Waals surface area contributed by atoms with E-state index in [0.717, 1.165) is 35.4 Å². The molecule has 0 aliphatic carbocycles. The second kappa shape index (κ2) is 13.2. The highest BCUT2D eigenvalue weighted by Gasteiger charge is 2.44. The van der Waals surface area contributed by atoms with Gasteiger partial charge in [-0.1, -0.05) is 83.9 Å². The fourth-order valence-corrected chi connectivity index (χ4v) is 10.2. The van der Waals surface area contributed by atoms with E-state index in [2.05, 4.69) is 48.5 Å². The molecule has 1 aliphatic heterocycles. The maximum absolute atomic E-state index is 13.4. The number of halogens is 6. The van der Waals surface area contributed by atoms with E-state index in [1.807, 2.05) is 27.7 Å². The van der Waals surface area contributed by atoms with E-state index < -0.39 is 51.2 Å². The second-order valence-electron chi connectivity index (χ2n) is 11.7. The Labute approximate surface area is 262 Å². The third-order valence-corrected chi connectivity index (χ3v) is 12.9. The number of aryl methyl sites for hydroxylation is 2. The molecule has 0 saturated carbocycles. The molecule has 2 atom stereocenters. The monoisotopic (exact) mass is 662 g/mol. The van der Waals surface area contributed by atoms with Gasteiger partial charge >= 0.3 is 12.4 Å². The first-order chi connectivity index (χ1) is 21.1. The van der Waals surface area contributed by atoms with Crippen LogP contribution in [0.15, 0.2) is 97.1 Å². The summed E-state index contributed by atoms with van der Waals surface area (Å²) in [6.07, 6.45) is -8.81. The molecule has 2 nitrogen and oxygen atoms in total. The van der Waals surface area contributed by atoms with Gasteiger partial charge in [0.25, 0.3) is 0 Å². The Morgan fingerprint density at radius 2 is 0.778 bits per heavy atom. The lowest BCUT2D eigenvalue weighted by atomic mass is 10.2. The van der Waals surface area contributed by atoms with Crippen molar-refractivity contribution in [2.75, 3.05) is 12.3 Å². The van der Waals surface area contributed by atoms with Gasteiger partial charge < -0.3 is 9.47 Å². The van der Waals surface area contributed by atoms with E-state index in [4.69, 9.17) is 9.47 Å². The van der Waals surface area contributed by atoms with E-state index in [1.54, 1.807) is 0 Å². The normalized spacial score (nSPS) is 18.6. The highest BCUT2D eigenvalue weighted by atomic mass is 31.1. The lowest BCUT2D eigenvalue weighted by Gasteiger charge is -2.28. The van der Waals surface area contributed by atoms with Gasteiger partial charge in [-0.25, -0.2) is 0 Å². The van der Waals surface area contributed by atoms with Crippen molar-refractivity contribution in [3.05, 3.63) is 119 Å². The molecule has 1 heterocycles. The Morgan fingerprint density at radius 3 is 1.04 bits per heavy atom. The zero-order valence-electron chi connectivity index (χ0n) is 25.3. The van der Waals surface area contributed by atoms with Crippen LogP contribution in [0.2, 0.25) is 0 Å². The molecular weight excluding hydrogens is 628 g/mol. The largest absolute Gasteiger partial charge is 0.416 e. The molecule has 0 N–H and O–H groups in total. The molecule has 0 unspecified atom stereocenters. The Balaban J connectivity index is 1.50. The van der Waals surface area contributed by atoms with Crippen LogP contribution in [0.3, 0.4) is 0 Å². The Bertz CT molecular complexity index is 1460. The van der Waals surface area contributed by atoms with Crippen molar-refractivity contribution in [3.8, 4) is 0 Å². The standard InChI is InChI=1S/C35H34F6O2P2/c1-23-5-13-27(14-6-23)44(28-15-7-24(2)8-16-28)21-31-32(43-33(3,4)42-31)22-45(29-17-9-25(10-18-29)34(36,37)38)30-19-11-26(12-20-30)35(39,40)41/h5-20,31-32H,21-22H2,1-4H3/t31-,32-/m0/s1. The molecule has 5 rings (SSSR count). The lowest BCUT2D eigenvalue weighted by molar-refractivity contribution is -0.142. The molecule has 45 heavy (non-hydrogen) atoms. The van der Waals surface area contributed by atoms with Gasteiger partial charge in [-0.05, 0) is 89.0 Å². The third kappa shape index (κ3) is 8.34. The fraction of sp³-hybridized carbons (Fsp3) is 0.314. The average Bonchev–Trinajstić information content (AvgIpc) is 3.27. The molecule has 10 heteroatoms. The SMILES string of the molecule is Cc1ccc(P(C[C@@H]2OC(C)(C)O[C@H]2CP(c2ccc(C(F)(F)F)cc2)c2ccc(C(F)(F)F)cc2)c2ccc(C)cc2)cc1. The van der Waals surface area contributed by atoms with Gasteiger partial charge in [0.15, 0.2) is 5.79 Å². The molecule has 4 aromatic rings. The highest BCUT2D eigenvalue weighted by molar-refractivity contribution is 7.73. The molecule has 0 bridgehead atoms. The first-order valence-electron chi connectivity index (χ1n) is 14.5. The molecule has 0 radical (unpaired) electrons. The Morgan fingerprint density at radius 1 is 0.511 bits per heavy atom. The van der Waals surface area contributed by atoms with Crippen molar-refractivity contribution in [1.82, 2.24) is 0 Å². The summed E-state index contributed by atoms with van der Waals surface area (Å²) in [5.74, 6) is -0.918. The Hall–Kier alpha value is -2.76. The van der Waals surface area contributed by atoms with Crippen LogP contribution in [0.4, 0.5) is 26.3 Å². The first kappa shape index (κ1) is 33.6. The minimum absolute atomic E-state index is 0.359. The predicted octanol–water partition coefficient (Wildman–Crippen LogP) is 8.43. The van der Waals surface area contributed by atoms with Crippen molar-refractivity contribution in [3.63, 3.8) is 0 Å². The summed E-state index contributed by atoms with van der Waals surface area (Å²) in [5.41, 5.74) is 0.733. The molecule has 1 saturated heterocycles. The van der Waals surface area contributed by atoms with E-state index in [-0.39, 0.29) is 6.10 Å².